The van der Waals surface area contributed by atoms with E-state index in [-0.39, 0.29) is 22.7 Å². The second-order valence-corrected chi connectivity index (χ2v) is 9.40. The van der Waals surface area contributed by atoms with Gasteiger partial charge in [-0.3, -0.25) is 4.79 Å². The number of allylic oxidation sites excluding steroid dienone is 3. The third-order valence-corrected chi connectivity index (χ3v) is 7.18. The largest absolute Gasteiger partial charge is 0.459 e. The number of fused-ring (bicyclic) bond motifs is 1. The van der Waals surface area contributed by atoms with Crippen molar-refractivity contribution >= 4 is 5.97 Å². The molecule has 0 aliphatic heterocycles. The van der Waals surface area contributed by atoms with Gasteiger partial charge >= 0.3 is 5.97 Å². The van der Waals surface area contributed by atoms with E-state index in [0.717, 1.165) is 24.8 Å². The summed E-state index contributed by atoms with van der Waals surface area (Å²) < 4.78 is 5.63. The predicted molar refractivity (Wildman–Crippen MR) is 102 cm³/mol. The molecule has 0 unspecified atom stereocenters. The van der Waals surface area contributed by atoms with Crippen LogP contribution >= 0.6 is 0 Å². The van der Waals surface area contributed by atoms with Gasteiger partial charge in [0.25, 0.3) is 0 Å². The quantitative estimate of drug-likeness (QED) is 0.571. The van der Waals surface area contributed by atoms with Gasteiger partial charge < -0.3 is 9.84 Å². The fraction of sp³-hybridized carbons (Fsp3) is 0.773. The summed E-state index contributed by atoms with van der Waals surface area (Å²) in [6.07, 6.45) is 8.62. The Morgan fingerprint density at radius 1 is 1.24 bits per heavy atom. The van der Waals surface area contributed by atoms with Crippen molar-refractivity contribution in [2.75, 3.05) is 0 Å². The molecule has 0 radical (unpaired) electrons. The van der Waals surface area contributed by atoms with Gasteiger partial charge in [0.2, 0.25) is 0 Å². The number of ether oxygens (including phenoxy) is 1. The summed E-state index contributed by atoms with van der Waals surface area (Å²) in [4.78, 5) is 11.7. The Balaban J connectivity index is 2.47. The molecular weight excluding hydrogens is 312 g/mol. The zero-order valence-electron chi connectivity index (χ0n) is 16.9. The number of hydrogen-bond donors (Lipinski definition) is 1. The molecule has 0 aromatic carbocycles. The van der Waals surface area contributed by atoms with Crippen molar-refractivity contribution < 1.29 is 14.6 Å². The second kappa shape index (κ2) is 6.90. The van der Waals surface area contributed by atoms with Crippen molar-refractivity contribution in [3.8, 4) is 0 Å². The van der Waals surface area contributed by atoms with Gasteiger partial charge in [-0.2, -0.15) is 0 Å². The van der Waals surface area contributed by atoms with E-state index < -0.39 is 11.7 Å². The highest BCUT2D eigenvalue weighted by Gasteiger charge is 2.61. The lowest BCUT2D eigenvalue weighted by Crippen LogP contribution is -2.64. The summed E-state index contributed by atoms with van der Waals surface area (Å²) in [5, 5.41) is 11.5. The average Bonchev–Trinajstić information content (AvgIpc) is 2.47. The van der Waals surface area contributed by atoms with E-state index >= 15 is 0 Å². The molecule has 2 fully saturated rings. The molecule has 3 heteroatoms. The van der Waals surface area contributed by atoms with E-state index in [9.17, 15) is 9.90 Å². The van der Waals surface area contributed by atoms with Crippen molar-refractivity contribution in [1.82, 2.24) is 0 Å². The normalized spacial score (nSPS) is 40.9. The number of hydrogen-bond acceptors (Lipinski definition) is 3. The monoisotopic (exact) mass is 348 g/mol. The summed E-state index contributed by atoms with van der Waals surface area (Å²) >= 11 is 0. The zero-order chi connectivity index (χ0) is 19.0. The fourth-order valence-electron chi connectivity index (χ4n) is 5.78. The average molecular weight is 349 g/mol. The highest BCUT2D eigenvalue weighted by molar-refractivity contribution is 5.66. The van der Waals surface area contributed by atoms with Crippen LogP contribution in [0.25, 0.3) is 0 Å². The van der Waals surface area contributed by atoms with Gasteiger partial charge in [0, 0.05) is 12.8 Å². The summed E-state index contributed by atoms with van der Waals surface area (Å²) in [6.45, 7) is 16.2. The van der Waals surface area contributed by atoms with Crippen molar-refractivity contribution in [3.63, 3.8) is 0 Å². The van der Waals surface area contributed by atoms with Gasteiger partial charge in [-0.15, -0.1) is 0 Å². The van der Waals surface area contributed by atoms with Crippen LogP contribution in [-0.4, -0.2) is 22.8 Å². The van der Waals surface area contributed by atoms with E-state index in [1.165, 1.54) is 19.8 Å². The van der Waals surface area contributed by atoms with E-state index in [1.807, 2.05) is 19.9 Å². The van der Waals surface area contributed by atoms with Crippen LogP contribution in [0, 0.1) is 22.7 Å². The molecule has 142 valence electrons. The Bertz CT molecular complexity index is 558. The molecule has 2 aliphatic carbocycles. The van der Waals surface area contributed by atoms with Crippen LogP contribution in [0.3, 0.4) is 0 Å². The molecule has 5 atom stereocenters. The highest BCUT2D eigenvalue weighted by Crippen LogP contribution is 2.63. The summed E-state index contributed by atoms with van der Waals surface area (Å²) in [7, 11) is 0. The molecule has 2 saturated carbocycles. The maximum absolute atomic E-state index is 11.7. The zero-order valence-corrected chi connectivity index (χ0v) is 16.9. The van der Waals surface area contributed by atoms with E-state index in [4.69, 9.17) is 4.74 Å². The van der Waals surface area contributed by atoms with Crippen LogP contribution in [0.4, 0.5) is 0 Å². The van der Waals surface area contributed by atoms with Crippen LogP contribution in [0.5, 0.6) is 0 Å². The van der Waals surface area contributed by atoms with Crippen molar-refractivity contribution in [1.29, 1.82) is 0 Å². The van der Waals surface area contributed by atoms with Gasteiger partial charge in [0.15, 0.2) is 0 Å². The van der Waals surface area contributed by atoms with E-state index in [0.29, 0.717) is 5.92 Å². The molecule has 0 amide bonds. The first-order valence-electron chi connectivity index (χ1n) is 9.64. The SMILES string of the molecule is C=C/C(C)=C/C[C@H]1[C@](C)(O)[C@H](OC(C)=O)C[C@H]2C(C)(C)CCC[C@@]21C. The Labute approximate surface area is 153 Å². The summed E-state index contributed by atoms with van der Waals surface area (Å²) in [5.41, 5.74) is 0.333. The minimum absolute atomic E-state index is 0.0415. The standard InChI is InChI=1S/C22H36O3/c1-8-15(2)10-11-17-21(6)13-9-12-20(4,5)18(21)14-19(22(17,7)24)25-16(3)23/h8,10,17-19,24H,1,9,11-14H2,2-7H3/b15-10+/t17-,18+,19-,21-,22+/m1/s1. The van der Waals surface area contributed by atoms with Gasteiger partial charge in [0.1, 0.15) is 11.7 Å². The number of carbonyl (C=O) groups is 1. The van der Waals surface area contributed by atoms with Gasteiger partial charge in [0.05, 0.1) is 0 Å². The Morgan fingerprint density at radius 2 is 1.88 bits per heavy atom. The minimum atomic E-state index is -1.03. The number of carbonyl (C=O) groups excluding carboxylic acids is 1. The molecular formula is C22H36O3. The molecule has 3 nitrogen and oxygen atoms in total. The molecule has 2 aliphatic rings. The Morgan fingerprint density at radius 3 is 2.44 bits per heavy atom. The third kappa shape index (κ3) is 3.72. The maximum atomic E-state index is 11.7. The molecule has 0 aromatic rings. The molecule has 2 rings (SSSR count). The van der Waals surface area contributed by atoms with Crippen molar-refractivity contribution in [2.45, 2.75) is 85.4 Å². The van der Waals surface area contributed by atoms with Gasteiger partial charge in [-0.1, -0.05) is 51.5 Å². The van der Waals surface area contributed by atoms with Gasteiger partial charge in [-0.25, -0.2) is 0 Å². The first kappa shape index (κ1) is 20.2. The lowest BCUT2D eigenvalue weighted by atomic mass is 9.44. The first-order chi connectivity index (χ1) is 11.4. The maximum Gasteiger partial charge on any atom is 0.303 e. The lowest BCUT2D eigenvalue weighted by Gasteiger charge is -2.62. The summed E-state index contributed by atoms with van der Waals surface area (Å²) in [5.74, 6) is 0.178. The van der Waals surface area contributed by atoms with Gasteiger partial charge in [-0.05, 0) is 56.3 Å². The van der Waals surface area contributed by atoms with E-state index in [1.54, 1.807) is 0 Å². The predicted octanol–water partition coefficient (Wildman–Crippen LogP) is 5.04. The topological polar surface area (TPSA) is 46.5 Å². The number of aliphatic hydroxyl groups is 1. The fourth-order valence-corrected chi connectivity index (χ4v) is 5.78. The third-order valence-electron chi connectivity index (χ3n) is 7.18. The molecule has 0 saturated heterocycles. The van der Waals surface area contributed by atoms with Crippen LogP contribution in [0.1, 0.15) is 73.6 Å². The lowest BCUT2D eigenvalue weighted by molar-refractivity contribution is -0.229. The Kier molecular flexibility index (Phi) is 5.59. The molecule has 0 spiro atoms. The van der Waals surface area contributed by atoms with E-state index in [2.05, 4.69) is 33.4 Å². The van der Waals surface area contributed by atoms with Crippen molar-refractivity contribution in [2.24, 2.45) is 22.7 Å². The molecule has 0 heterocycles. The van der Waals surface area contributed by atoms with Crippen LogP contribution in [0.2, 0.25) is 0 Å². The number of rotatable bonds is 4. The second-order valence-electron chi connectivity index (χ2n) is 9.40. The van der Waals surface area contributed by atoms with Crippen molar-refractivity contribution in [3.05, 3.63) is 24.3 Å². The highest BCUT2D eigenvalue weighted by atomic mass is 16.6. The van der Waals surface area contributed by atoms with Crippen LogP contribution in [-0.2, 0) is 9.53 Å². The minimum Gasteiger partial charge on any atom is -0.459 e. The Hall–Kier alpha value is -1.09. The summed E-state index contributed by atoms with van der Waals surface area (Å²) in [6, 6.07) is 0. The first-order valence-corrected chi connectivity index (χ1v) is 9.64. The molecule has 25 heavy (non-hydrogen) atoms. The van der Waals surface area contributed by atoms with Crippen LogP contribution in [0.15, 0.2) is 24.3 Å². The number of esters is 1. The van der Waals surface area contributed by atoms with Crippen LogP contribution < -0.4 is 0 Å². The molecule has 0 aromatic heterocycles. The smallest absolute Gasteiger partial charge is 0.303 e. The molecule has 1 N–H and O–H groups in total. The molecule has 0 bridgehead atoms.